The molecule has 7 heavy (non-hydrogen) atoms. The molecular weight excluding hydrogens is 159 g/mol. The fraction of sp³-hybridized carbons (Fsp3) is 0.667. The topological polar surface area (TPSA) is 69.1 Å². The van der Waals surface area contributed by atoms with Crippen LogP contribution in [0.2, 0.25) is 11.6 Å². The van der Waals surface area contributed by atoms with Crippen molar-refractivity contribution in [2.45, 2.75) is 11.6 Å². The number of amides is 2. The summed E-state index contributed by atoms with van der Waals surface area (Å²) in [5.74, 6) is 4.38. The van der Waals surface area contributed by atoms with Gasteiger partial charge in [-0.3, -0.25) is 0 Å². The number of hydrogen-bond acceptors (Lipinski definition) is 1. The molecule has 0 saturated heterocycles. The Bertz CT molecular complexity index is 44.2. The molecule has 0 aliphatic carbocycles. The van der Waals surface area contributed by atoms with E-state index in [1.165, 1.54) is 0 Å². The van der Waals surface area contributed by atoms with Crippen molar-refractivity contribution in [3.05, 3.63) is 0 Å². The van der Waals surface area contributed by atoms with Gasteiger partial charge in [-0.2, -0.15) is 0 Å². The number of rotatable bonds is 0. The van der Waals surface area contributed by atoms with E-state index in [0.717, 1.165) is 15.0 Å². The Labute approximate surface area is 49.6 Å². The first-order valence-electron chi connectivity index (χ1n) is 1.60. The van der Waals surface area contributed by atoms with Gasteiger partial charge >= 0.3 is 32.6 Å². The van der Waals surface area contributed by atoms with Crippen molar-refractivity contribution in [1.29, 1.82) is 0 Å². The molecule has 0 aromatic rings. The van der Waals surface area contributed by atoms with Gasteiger partial charge in [0.2, 0.25) is 0 Å². The zero-order valence-corrected chi connectivity index (χ0v) is 6.18. The van der Waals surface area contributed by atoms with Gasteiger partial charge in [0.25, 0.3) is 0 Å². The normalized spacial score (nSPS) is 6.00. The zero-order valence-electron chi connectivity index (χ0n) is 4.47. The van der Waals surface area contributed by atoms with Gasteiger partial charge in [-0.15, -0.1) is 0 Å². The minimum atomic E-state index is -0.833. The Morgan fingerprint density at radius 1 is 1.43 bits per heavy atom. The summed E-state index contributed by atoms with van der Waals surface area (Å²) in [5, 5.41) is 0. The van der Waals surface area contributed by atoms with Crippen LogP contribution in [0.3, 0.4) is 0 Å². The molecule has 0 saturated carbocycles. The summed E-state index contributed by atoms with van der Waals surface area (Å²) in [4.78, 5) is 9.00. The van der Waals surface area contributed by atoms with Gasteiger partial charge in [0, 0.05) is 0 Å². The smallest absolute Gasteiger partial charge is 0.309 e. The molecule has 0 rings (SSSR count). The van der Waals surface area contributed by atoms with Crippen LogP contribution in [0, 0.1) is 0 Å². The van der Waals surface area contributed by atoms with Crippen LogP contribution in [0.25, 0.3) is 0 Å². The quantitative estimate of drug-likeness (QED) is 0.485. The molecule has 2 amide bonds. The van der Waals surface area contributed by atoms with Crippen LogP contribution in [0.4, 0.5) is 4.79 Å². The van der Waals surface area contributed by atoms with Gasteiger partial charge in [-0.25, -0.2) is 4.79 Å². The number of hydrogen-bond donors (Lipinski definition) is 2. The average molecular weight is 169 g/mol. The van der Waals surface area contributed by atoms with Crippen molar-refractivity contribution in [3.63, 3.8) is 0 Å². The summed E-state index contributed by atoms with van der Waals surface area (Å²) < 4.78 is 0. The third-order valence-corrected chi connectivity index (χ3v) is 0. The van der Waals surface area contributed by atoms with Crippen LogP contribution < -0.4 is 11.5 Å². The number of nitrogens with two attached hydrogens (primary N) is 2. The number of carbonyl (C=O) groups is 1. The molecule has 0 aliphatic heterocycles. The van der Waals surface area contributed by atoms with Crippen LogP contribution in [0.15, 0.2) is 0 Å². The predicted molar refractivity (Wildman–Crippen MR) is 31.3 cm³/mol. The Balaban J connectivity index is 0. The molecule has 4 N–H and O–H groups in total. The monoisotopic (exact) mass is 170 g/mol. The fourth-order valence-electron chi connectivity index (χ4n) is 0. The Morgan fingerprint density at radius 2 is 1.43 bits per heavy atom. The SMILES string of the molecule is C[Se]C.NC(N)=O. The van der Waals surface area contributed by atoms with Crippen LogP contribution in [0.5, 0.6) is 0 Å². The summed E-state index contributed by atoms with van der Waals surface area (Å²) in [7, 11) is 0. The Kier molecular flexibility index (Phi) is 13.1. The van der Waals surface area contributed by atoms with Gasteiger partial charge in [0.1, 0.15) is 0 Å². The van der Waals surface area contributed by atoms with Gasteiger partial charge in [-0.1, -0.05) is 0 Å². The van der Waals surface area contributed by atoms with E-state index in [4.69, 9.17) is 4.79 Å². The number of primary amides is 2. The van der Waals surface area contributed by atoms with E-state index in [-0.39, 0.29) is 0 Å². The van der Waals surface area contributed by atoms with Crippen LogP contribution in [0.1, 0.15) is 0 Å². The maximum atomic E-state index is 9.00. The van der Waals surface area contributed by atoms with Crippen molar-refractivity contribution >= 4 is 21.0 Å². The molecule has 0 aliphatic rings. The van der Waals surface area contributed by atoms with Gasteiger partial charge < -0.3 is 11.5 Å². The second kappa shape index (κ2) is 9.25. The van der Waals surface area contributed by atoms with Gasteiger partial charge in [-0.05, 0) is 0 Å². The molecule has 0 heterocycles. The summed E-state index contributed by atoms with van der Waals surface area (Å²) in [6, 6.07) is -0.833. The molecule has 0 bridgehead atoms. The molecule has 0 atom stereocenters. The van der Waals surface area contributed by atoms with E-state index in [1.807, 2.05) is 0 Å². The molecule has 0 spiro atoms. The number of urea groups is 1. The Hall–Kier alpha value is -0.211. The van der Waals surface area contributed by atoms with Gasteiger partial charge in [0.15, 0.2) is 0 Å². The second-order valence-corrected chi connectivity index (χ2v) is 2.52. The van der Waals surface area contributed by atoms with E-state index in [9.17, 15) is 0 Å². The summed E-state index contributed by atoms with van der Waals surface area (Å²) in [5.41, 5.74) is 8.50. The molecule has 0 radical (unpaired) electrons. The second-order valence-electron chi connectivity index (χ2n) is 0.811. The average Bonchev–Trinajstić information content (AvgIpc) is 1.33. The molecule has 3 nitrogen and oxygen atoms in total. The standard InChI is InChI=1S/C2H6Se.CH4N2O/c1-3-2;2-1(3)4/h1-2H3;(H4,2,3,4). The minimum Gasteiger partial charge on any atom is -0.352 e. The van der Waals surface area contributed by atoms with Crippen LogP contribution in [-0.4, -0.2) is 21.0 Å². The largest absolute Gasteiger partial charge is 0.352 e. The van der Waals surface area contributed by atoms with E-state index in [0.29, 0.717) is 0 Å². The summed E-state index contributed by atoms with van der Waals surface area (Å²) in [6.07, 6.45) is 0. The van der Waals surface area contributed by atoms with Crippen molar-refractivity contribution in [2.24, 2.45) is 11.5 Å². The van der Waals surface area contributed by atoms with E-state index >= 15 is 0 Å². The molecule has 4 heteroatoms. The molecule has 0 aromatic heterocycles. The van der Waals surface area contributed by atoms with Crippen LogP contribution >= 0.6 is 0 Å². The van der Waals surface area contributed by atoms with E-state index in [2.05, 4.69) is 23.1 Å². The minimum absolute atomic E-state index is 0.833. The number of carbonyl (C=O) groups excluding carboxylic acids is 1. The molecule has 0 fully saturated rings. The first kappa shape index (κ1) is 9.92. The fourth-order valence-corrected chi connectivity index (χ4v) is 0. The first-order valence-corrected chi connectivity index (χ1v) is 5.02. The third-order valence-electron chi connectivity index (χ3n) is 0. The van der Waals surface area contributed by atoms with Crippen molar-refractivity contribution < 1.29 is 4.79 Å². The maximum Gasteiger partial charge on any atom is 0.309 e. The van der Waals surface area contributed by atoms with Gasteiger partial charge in [0.05, 0.1) is 0 Å². The van der Waals surface area contributed by atoms with E-state index in [1.54, 1.807) is 0 Å². The molecule has 44 valence electrons. The third kappa shape index (κ3) is 1880. The van der Waals surface area contributed by atoms with Crippen LogP contribution in [-0.2, 0) is 0 Å². The molecule has 0 aromatic carbocycles. The zero-order chi connectivity index (χ0) is 6.28. The predicted octanol–water partition coefficient (Wildman–Crippen LogP) is -0.189. The Morgan fingerprint density at radius 3 is 1.43 bits per heavy atom. The van der Waals surface area contributed by atoms with Crippen molar-refractivity contribution in [2.75, 3.05) is 0 Å². The van der Waals surface area contributed by atoms with Crippen molar-refractivity contribution in [1.82, 2.24) is 0 Å². The summed E-state index contributed by atoms with van der Waals surface area (Å²) in [6.45, 7) is 0. The van der Waals surface area contributed by atoms with Crippen molar-refractivity contribution in [3.8, 4) is 0 Å². The van der Waals surface area contributed by atoms with E-state index < -0.39 is 6.03 Å². The molecular formula is C3H10N2OSe. The first-order chi connectivity index (χ1) is 3.15. The molecule has 0 unspecified atom stereocenters. The summed E-state index contributed by atoms with van der Waals surface area (Å²) >= 11 is 0.875. The maximum absolute atomic E-state index is 9.00.